The van der Waals surface area contributed by atoms with Crippen molar-refractivity contribution in [3.63, 3.8) is 0 Å². The maximum Gasteiger partial charge on any atom is 0.152 e. The van der Waals surface area contributed by atoms with E-state index in [0.717, 1.165) is 46.5 Å². The number of nitrogen functional groups attached to an aromatic ring is 1. The number of anilines is 1. The average Bonchev–Trinajstić information content (AvgIpc) is 3.02. The summed E-state index contributed by atoms with van der Waals surface area (Å²) in [6.07, 6.45) is 3.50. The molecule has 0 atom stereocenters. The Balaban J connectivity index is 1.88. The summed E-state index contributed by atoms with van der Waals surface area (Å²) >= 11 is 1.87. The van der Waals surface area contributed by atoms with E-state index >= 15 is 0 Å². The normalized spacial score (nSPS) is 11.9. The number of imidazole rings is 1. The molecule has 2 heterocycles. The van der Waals surface area contributed by atoms with Crippen LogP contribution in [-0.4, -0.2) is 45.3 Å². The van der Waals surface area contributed by atoms with Crippen LogP contribution in [0.4, 0.5) is 5.82 Å². The molecule has 0 saturated heterocycles. The summed E-state index contributed by atoms with van der Waals surface area (Å²) in [4.78, 5) is 9.31. The lowest BCUT2D eigenvalue weighted by atomic mass is 10.2. The van der Waals surface area contributed by atoms with E-state index < -0.39 is 0 Å². The fourth-order valence-electron chi connectivity index (χ4n) is 3.25. The highest BCUT2D eigenvalue weighted by Crippen LogP contribution is 2.29. The van der Waals surface area contributed by atoms with Crippen molar-refractivity contribution in [1.82, 2.24) is 18.8 Å². The summed E-state index contributed by atoms with van der Waals surface area (Å²) in [5, 5.41) is 1.10. The second-order valence-electron chi connectivity index (χ2n) is 6.73. The number of hydrogen-bond acceptors (Lipinski definition) is 6. The van der Waals surface area contributed by atoms with Gasteiger partial charge in [0, 0.05) is 24.3 Å². The van der Waals surface area contributed by atoms with Gasteiger partial charge in [-0.2, -0.15) is 0 Å². The van der Waals surface area contributed by atoms with E-state index in [1.165, 1.54) is 12.8 Å². The molecule has 6 nitrogen and oxygen atoms in total. The maximum atomic E-state index is 6.22. The Morgan fingerprint density at radius 1 is 1.15 bits per heavy atom. The third kappa shape index (κ3) is 4.72. The Labute approximate surface area is 165 Å². The molecule has 3 rings (SSSR count). The summed E-state index contributed by atoms with van der Waals surface area (Å²) in [6, 6.07) is 8.13. The third-order valence-electron chi connectivity index (χ3n) is 4.50. The number of aryl methyl sites for hydroxylation is 1. The molecule has 0 spiro atoms. The van der Waals surface area contributed by atoms with Crippen molar-refractivity contribution in [3.8, 4) is 0 Å². The summed E-state index contributed by atoms with van der Waals surface area (Å²) in [5.74, 6) is 2.57. The molecule has 0 fully saturated rings. The lowest BCUT2D eigenvalue weighted by Gasteiger charge is -2.11. The van der Waals surface area contributed by atoms with Crippen LogP contribution in [0.5, 0.6) is 0 Å². The second kappa shape index (κ2) is 9.39. The van der Waals surface area contributed by atoms with Crippen LogP contribution in [0.15, 0.2) is 24.3 Å². The molecule has 0 bridgehead atoms. The molecule has 0 amide bonds. The van der Waals surface area contributed by atoms with E-state index in [2.05, 4.69) is 34.0 Å². The van der Waals surface area contributed by atoms with E-state index in [4.69, 9.17) is 15.5 Å². The van der Waals surface area contributed by atoms with E-state index in [9.17, 15) is 0 Å². The van der Waals surface area contributed by atoms with Crippen molar-refractivity contribution in [1.29, 1.82) is 0 Å². The van der Waals surface area contributed by atoms with Gasteiger partial charge in [0.15, 0.2) is 5.82 Å². The SMILES string of the molecule is CCOCc1nc2c(N)nc3ccccc3c2n1CCCCCSN(C)C. The fraction of sp³-hybridized carbons (Fsp3) is 0.500. The number of pyridine rings is 1. The van der Waals surface area contributed by atoms with E-state index in [0.29, 0.717) is 19.0 Å². The maximum absolute atomic E-state index is 6.22. The lowest BCUT2D eigenvalue weighted by Crippen LogP contribution is -2.07. The molecule has 0 radical (unpaired) electrons. The van der Waals surface area contributed by atoms with Crippen LogP contribution >= 0.6 is 11.9 Å². The number of benzene rings is 1. The number of ether oxygens (including phenoxy) is 1. The molecule has 27 heavy (non-hydrogen) atoms. The van der Waals surface area contributed by atoms with Gasteiger partial charge in [0.1, 0.15) is 17.9 Å². The first-order valence-electron chi connectivity index (χ1n) is 9.53. The number of unbranched alkanes of at least 4 members (excludes halogenated alkanes) is 2. The van der Waals surface area contributed by atoms with Crippen molar-refractivity contribution in [2.75, 3.05) is 32.2 Å². The molecule has 0 aliphatic heterocycles. The summed E-state index contributed by atoms with van der Waals surface area (Å²) in [5.41, 5.74) is 8.99. The van der Waals surface area contributed by atoms with Crippen LogP contribution in [-0.2, 0) is 17.9 Å². The van der Waals surface area contributed by atoms with Gasteiger partial charge >= 0.3 is 0 Å². The summed E-state index contributed by atoms with van der Waals surface area (Å²) in [6.45, 7) is 4.08. The molecule has 0 unspecified atom stereocenters. The van der Waals surface area contributed by atoms with Gasteiger partial charge in [-0.15, -0.1) is 0 Å². The number of nitrogens with zero attached hydrogens (tertiary/aromatic N) is 4. The van der Waals surface area contributed by atoms with E-state index in [1.54, 1.807) is 0 Å². The van der Waals surface area contributed by atoms with Gasteiger partial charge in [0.05, 0.1) is 11.0 Å². The summed E-state index contributed by atoms with van der Waals surface area (Å²) in [7, 11) is 4.18. The molecule has 7 heteroatoms. The zero-order valence-corrected chi connectivity index (χ0v) is 17.3. The Morgan fingerprint density at radius 2 is 1.96 bits per heavy atom. The highest BCUT2D eigenvalue weighted by molar-refractivity contribution is 7.96. The van der Waals surface area contributed by atoms with Crippen molar-refractivity contribution in [3.05, 3.63) is 30.1 Å². The molecule has 3 aromatic rings. The van der Waals surface area contributed by atoms with Crippen LogP contribution in [0, 0.1) is 0 Å². The third-order valence-corrected chi connectivity index (χ3v) is 5.49. The first kappa shape index (κ1) is 19.9. The molecular formula is C20H29N5OS. The van der Waals surface area contributed by atoms with Crippen molar-refractivity contribution in [2.45, 2.75) is 39.3 Å². The summed E-state index contributed by atoms with van der Waals surface area (Å²) < 4.78 is 10.1. The van der Waals surface area contributed by atoms with Gasteiger partial charge in [-0.1, -0.05) is 36.6 Å². The molecule has 2 N–H and O–H groups in total. The fourth-order valence-corrected chi connectivity index (χ4v) is 3.94. The molecule has 0 saturated carbocycles. The molecule has 1 aromatic carbocycles. The van der Waals surface area contributed by atoms with Gasteiger partial charge in [0.2, 0.25) is 0 Å². The number of nitrogens with two attached hydrogens (primary N) is 1. The number of hydrogen-bond donors (Lipinski definition) is 1. The zero-order valence-electron chi connectivity index (χ0n) is 16.4. The Morgan fingerprint density at radius 3 is 2.74 bits per heavy atom. The minimum atomic E-state index is 0.489. The van der Waals surface area contributed by atoms with Crippen LogP contribution in [0.2, 0.25) is 0 Å². The first-order valence-corrected chi connectivity index (χ1v) is 10.5. The van der Waals surface area contributed by atoms with Crippen LogP contribution in [0.25, 0.3) is 21.9 Å². The van der Waals surface area contributed by atoms with Gasteiger partial charge in [-0.3, -0.25) is 4.31 Å². The smallest absolute Gasteiger partial charge is 0.152 e. The standard InChI is InChI=1S/C20H29N5OS/c1-4-26-14-17-23-18-19(15-10-6-7-11-16(15)22-20(18)21)25(17)12-8-5-9-13-27-24(2)3/h6-7,10-11H,4-5,8-9,12-14H2,1-3H3,(H2,21,22). The van der Waals surface area contributed by atoms with E-state index in [1.807, 2.05) is 37.1 Å². The average molecular weight is 388 g/mol. The van der Waals surface area contributed by atoms with Gasteiger partial charge < -0.3 is 15.0 Å². The number of rotatable bonds is 10. The first-order chi connectivity index (χ1) is 13.1. The highest BCUT2D eigenvalue weighted by atomic mass is 32.2. The van der Waals surface area contributed by atoms with Crippen molar-refractivity contribution >= 4 is 39.7 Å². The largest absolute Gasteiger partial charge is 0.382 e. The van der Waals surface area contributed by atoms with E-state index in [-0.39, 0.29) is 0 Å². The Hall–Kier alpha value is -1.83. The van der Waals surface area contributed by atoms with Crippen molar-refractivity contribution < 1.29 is 4.74 Å². The monoisotopic (exact) mass is 387 g/mol. The molecule has 146 valence electrons. The van der Waals surface area contributed by atoms with Crippen LogP contribution in [0.3, 0.4) is 0 Å². The Bertz CT molecular complexity index is 893. The highest BCUT2D eigenvalue weighted by Gasteiger charge is 2.17. The van der Waals surface area contributed by atoms with Crippen molar-refractivity contribution in [2.24, 2.45) is 0 Å². The predicted molar refractivity (Wildman–Crippen MR) is 115 cm³/mol. The predicted octanol–water partition coefficient (Wildman–Crippen LogP) is 4.08. The topological polar surface area (TPSA) is 69.2 Å². The zero-order chi connectivity index (χ0) is 19.2. The van der Waals surface area contributed by atoms with Crippen LogP contribution < -0.4 is 5.73 Å². The van der Waals surface area contributed by atoms with Gasteiger partial charge in [-0.05, 0) is 39.9 Å². The number of para-hydroxylation sites is 1. The molecule has 0 aliphatic carbocycles. The molecule has 0 aliphatic rings. The van der Waals surface area contributed by atoms with Crippen LogP contribution in [0.1, 0.15) is 32.0 Å². The number of fused-ring (bicyclic) bond motifs is 3. The quantitative estimate of drug-likeness (QED) is 0.417. The molecular weight excluding hydrogens is 358 g/mol. The van der Waals surface area contributed by atoms with Gasteiger partial charge in [-0.25, -0.2) is 9.97 Å². The minimum absolute atomic E-state index is 0.489. The minimum Gasteiger partial charge on any atom is -0.382 e. The van der Waals surface area contributed by atoms with Gasteiger partial charge in [0.25, 0.3) is 0 Å². The number of aromatic nitrogens is 3. The lowest BCUT2D eigenvalue weighted by molar-refractivity contribution is 0.126. The Kier molecular flexibility index (Phi) is 6.93. The second-order valence-corrected chi connectivity index (χ2v) is 8.13. The molecule has 2 aromatic heterocycles.